The van der Waals surface area contributed by atoms with Crippen LogP contribution in [0.3, 0.4) is 0 Å². The number of anilines is 4. The summed E-state index contributed by atoms with van der Waals surface area (Å²) in [6, 6.07) is 5.80. The van der Waals surface area contributed by atoms with Gasteiger partial charge in [0.2, 0.25) is 0 Å². The molecule has 22 heavy (non-hydrogen) atoms. The minimum absolute atomic E-state index is 0.584. The van der Waals surface area contributed by atoms with Gasteiger partial charge in [0.25, 0.3) is 0 Å². The van der Waals surface area contributed by atoms with E-state index in [1.807, 2.05) is 25.1 Å². The number of aryl methyl sites for hydroxylation is 1. The predicted molar refractivity (Wildman–Crippen MR) is 92.0 cm³/mol. The first-order valence-electron chi connectivity index (χ1n) is 7.54. The molecule has 1 fully saturated rings. The molecular formula is C16H20ClN5. The van der Waals surface area contributed by atoms with E-state index in [2.05, 4.69) is 20.2 Å². The maximum Gasteiger partial charge on any atom is 0.159 e. The summed E-state index contributed by atoms with van der Waals surface area (Å²) in [6.45, 7) is 3.97. The van der Waals surface area contributed by atoms with E-state index in [-0.39, 0.29) is 0 Å². The van der Waals surface area contributed by atoms with Crippen molar-refractivity contribution in [3.05, 3.63) is 35.1 Å². The Hall–Kier alpha value is -2.01. The number of rotatable bonds is 3. The molecule has 2 aromatic rings. The summed E-state index contributed by atoms with van der Waals surface area (Å²) in [5, 5.41) is 3.95. The number of piperidine rings is 1. The molecule has 0 saturated carbocycles. The van der Waals surface area contributed by atoms with Crippen molar-refractivity contribution < 1.29 is 0 Å². The number of hydrogen-bond donors (Lipinski definition) is 2. The molecule has 3 N–H and O–H groups in total. The molecule has 0 unspecified atom stereocenters. The van der Waals surface area contributed by atoms with Crippen molar-refractivity contribution in [1.82, 2.24) is 9.97 Å². The van der Waals surface area contributed by atoms with E-state index in [0.29, 0.717) is 16.5 Å². The standard InChI is InChI=1S/C16H20ClN5/c1-11-5-6-12(9-13(11)17)21-15-14(18)16(20-10-19-15)22-7-3-2-4-8-22/h5-6,9-10H,2-4,7-8,18H2,1H3,(H,19,20,21). The minimum Gasteiger partial charge on any atom is -0.393 e. The molecule has 0 bridgehead atoms. The number of hydrogen-bond acceptors (Lipinski definition) is 5. The fraction of sp³-hybridized carbons (Fsp3) is 0.375. The summed E-state index contributed by atoms with van der Waals surface area (Å²) >= 11 is 6.16. The summed E-state index contributed by atoms with van der Waals surface area (Å²) < 4.78 is 0. The monoisotopic (exact) mass is 317 g/mol. The maximum atomic E-state index is 6.27. The van der Waals surface area contributed by atoms with Crippen molar-refractivity contribution in [2.75, 3.05) is 29.0 Å². The van der Waals surface area contributed by atoms with Gasteiger partial charge in [-0.3, -0.25) is 0 Å². The molecule has 0 aliphatic carbocycles. The van der Waals surface area contributed by atoms with E-state index in [9.17, 15) is 0 Å². The first-order chi connectivity index (χ1) is 10.6. The smallest absolute Gasteiger partial charge is 0.159 e. The summed E-state index contributed by atoms with van der Waals surface area (Å²) in [7, 11) is 0. The lowest BCUT2D eigenvalue weighted by Gasteiger charge is -2.28. The molecule has 1 aromatic carbocycles. The van der Waals surface area contributed by atoms with Crippen LogP contribution in [0.2, 0.25) is 5.02 Å². The topological polar surface area (TPSA) is 67.1 Å². The SMILES string of the molecule is Cc1ccc(Nc2ncnc(N3CCCCC3)c2N)cc1Cl. The Morgan fingerprint density at radius 3 is 2.68 bits per heavy atom. The first-order valence-corrected chi connectivity index (χ1v) is 7.91. The molecule has 1 aromatic heterocycles. The third-order valence-corrected chi connectivity index (χ3v) is 4.36. The zero-order chi connectivity index (χ0) is 15.5. The number of benzene rings is 1. The third-order valence-electron chi connectivity index (χ3n) is 3.95. The average Bonchev–Trinajstić information content (AvgIpc) is 2.54. The van der Waals surface area contributed by atoms with Gasteiger partial charge in [0.15, 0.2) is 11.6 Å². The summed E-state index contributed by atoms with van der Waals surface area (Å²) in [5.41, 5.74) is 8.76. The van der Waals surface area contributed by atoms with Crippen molar-refractivity contribution in [2.24, 2.45) is 0 Å². The van der Waals surface area contributed by atoms with Crippen molar-refractivity contribution in [3.63, 3.8) is 0 Å². The van der Waals surface area contributed by atoms with Gasteiger partial charge in [-0.1, -0.05) is 17.7 Å². The molecule has 0 amide bonds. The highest BCUT2D eigenvalue weighted by atomic mass is 35.5. The quantitative estimate of drug-likeness (QED) is 0.902. The molecule has 2 heterocycles. The van der Waals surface area contributed by atoms with Gasteiger partial charge in [0, 0.05) is 23.8 Å². The van der Waals surface area contributed by atoms with E-state index in [1.165, 1.54) is 19.3 Å². The minimum atomic E-state index is 0.584. The lowest BCUT2D eigenvalue weighted by Crippen LogP contribution is -2.31. The largest absolute Gasteiger partial charge is 0.393 e. The average molecular weight is 318 g/mol. The number of aromatic nitrogens is 2. The molecule has 116 valence electrons. The highest BCUT2D eigenvalue weighted by molar-refractivity contribution is 6.31. The van der Waals surface area contributed by atoms with Crippen LogP contribution in [0.15, 0.2) is 24.5 Å². The number of nitrogens with zero attached hydrogens (tertiary/aromatic N) is 3. The molecule has 1 aliphatic heterocycles. The van der Waals surface area contributed by atoms with Gasteiger partial charge in [-0.25, -0.2) is 9.97 Å². The molecular weight excluding hydrogens is 298 g/mol. The van der Waals surface area contributed by atoms with Gasteiger partial charge in [0.05, 0.1) is 0 Å². The van der Waals surface area contributed by atoms with Crippen LogP contribution in [0.4, 0.5) is 23.0 Å². The molecule has 1 saturated heterocycles. The van der Waals surface area contributed by atoms with Crippen LogP contribution in [0, 0.1) is 6.92 Å². The molecule has 3 rings (SSSR count). The van der Waals surface area contributed by atoms with E-state index < -0.39 is 0 Å². The summed E-state index contributed by atoms with van der Waals surface area (Å²) in [6.07, 6.45) is 5.19. The Morgan fingerprint density at radius 2 is 1.95 bits per heavy atom. The summed E-state index contributed by atoms with van der Waals surface area (Å²) in [5.74, 6) is 1.44. The Kier molecular flexibility index (Phi) is 4.34. The van der Waals surface area contributed by atoms with Crippen molar-refractivity contribution in [2.45, 2.75) is 26.2 Å². The van der Waals surface area contributed by atoms with Gasteiger partial charge in [0.1, 0.15) is 12.0 Å². The highest BCUT2D eigenvalue weighted by Gasteiger charge is 2.17. The number of nitrogens with two attached hydrogens (primary N) is 1. The fourth-order valence-corrected chi connectivity index (χ4v) is 2.83. The maximum absolute atomic E-state index is 6.27. The zero-order valence-corrected chi connectivity index (χ0v) is 13.4. The van der Waals surface area contributed by atoms with Crippen LogP contribution in [0.1, 0.15) is 24.8 Å². The second kappa shape index (κ2) is 6.40. The lowest BCUT2D eigenvalue weighted by atomic mass is 10.1. The second-order valence-corrected chi connectivity index (χ2v) is 6.00. The molecule has 0 atom stereocenters. The van der Waals surface area contributed by atoms with Gasteiger partial charge in [-0.2, -0.15) is 0 Å². The molecule has 0 spiro atoms. The van der Waals surface area contributed by atoms with E-state index in [1.54, 1.807) is 6.33 Å². The third kappa shape index (κ3) is 3.09. The van der Waals surface area contributed by atoms with E-state index in [4.69, 9.17) is 17.3 Å². The second-order valence-electron chi connectivity index (χ2n) is 5.60. The van der Waals surface area contributed by atoms with Crippen molar-refractivity contribution in [3.8, 4) is 0 Å². The lowest BCUT2D eigenvalue weighted by molar-refractivity contribution is 0.574. The molecule has 1 aliphatic rings. The van der Waals surface area contributed by atoms with Crippen LogP contribution in [-0.4, -0.2) is 23.1 Å². The Morgan fingerprint density at radius 1 is 1.18 bits per heavy atom. The van der Waals surface area contributed by atoms with Gasteiger partial charge in [-0.15, -0.1) is 0 Å². The van der Waals surface area contributed by atoms with Crippen LogP contribution < -0.4 is 16.0 Å². The van der Waals surface area contributed by atoms with E-state index >= 15 is 0 Å². The van der Waals surface area contributed by atoms with Crippen molar-refractivity contribution in [1.29, 1.82) is 0 Å². The zero-order valence-electron chi connectivity index (χ0n) is 12.6. The van der Waals surface area contributed by atoms with Crippen molar-refractivity contribution >= 4 is 34.6 Å². The molecule has 5 nitrogen and oxygen atoms in total. The molecule has 6 heteroatoms. The summed E-state index contributed by atoms with van der Waals surface area (Å²) in [4.78, 5) is 10.9. The normalized spacial score (nSPS) is 14.9. The van der Waals surface area contributed by atoms with Crippen LogP contribution in [0.25, 0.3) is 0 Å². The predicted octanol–water partition coefficient (Wildman–Crippen LogP) is 3.75. The highest BCUT2D eigenvalue weighted by Crippen LogP contribution is 2.31. The number of nitrogen functional groups attached to an aromatic ring is 1. The van der Waals surface area contributed by atoms with Gasteiger partial charge in [-0.05, 0) is 43.9 Å². The van der Waals surface area contributed by atoms with Crippen LogP contribution in [0.5, 0.6) is 0 Å². The van der Waals surface area contributed by atoms with E-state index in [0.717, 1.165) is 30.2 Å². The van der Waals surface area contributed by atoms with Gasteiger partial charge >= 0.3 is 0 Å². The number of nitrogens with one attached hydrogen (secondary N) is 1. The Balaban J connectivity index is 1.86. The fourth-order valence-electron chi connectivity index (χ4n) is 2.65. The van der Waals surface area contributed by atoms with Gasteiger partial charge < -0.3 is 16.0 Å². The Bertz CT molecular complexity index is 668. The Labute approximate surface area is 135 Å². The molecule has 0 radical (unpaired) electrons. The van der Waals surface area contributed by atoms with Crippen LogP contribution in [-0.2, 0) is 0 Å². The van der Waals surface area contributed by atoms with Crippen LogP contribution >= 0.6 is 11.6 Å². The first kappa shape index (κ1) is 14.9. The number of halogens is 1.